The maximum Gasteiger partial charge on any atom is 0.263 e. The lowest BCUT2D eigenvalue weighted by Gasteiger charge is -2.08. The van der Waals surface area contributed by atoms with Gasteiger partial charge in [-0.1, -0.05) is 25.5 Å². The highest BCUT2D eigenvalue weighted by molar-refractivity contribution is 7.17. The van der Waals surface area contributed by atoms with E-state index in [0.29, 0.717) is 23.4 Å². The zero-order valence-electron chi connectivity index (χ0n) is 15.5. The average molecular weight is 385 g/mol. The third-order valence-corrected chi connectivity index (χ3v) is 5.09. The van der Waals surface area contributed by atoms with Crippen molar-refractivity contribution in [2.75, 3.05) is 13.2 Å². The monoisotopic (exact) mass is 385 g/mol. The quantitative estimate of drug-likeness (QED) is 0.603. The molecule has 1 amide bonds. The van der Waals surface area contributed by atoms with Crippen LogP contribution in [0.15, 0.2) is 40.8 Å². The third kappa shape index (κ3) is 4.36. The zero-order chi connectivity index (χ0) is 19.2. The summed E-state index contributed by atoms with van der Waals surface area (Å²) in [4.78, 5) is 30.0. The maximum atomic E-state index is 12.9. The highest BCUT2D eigenvalue weighted by Gasteiger charge is 2.14. The van der Waals surface area contributed by atoms with Gasteiger partial charge in [-0.15, -0.1) is 11.3 Å². The van der Waals surface area contributed by atoms with E-state index >= 15 is 0 Å². The maximum absolute atomic E-state index is 12.9. The van der Waals surface area contributed by atoms with Crippen LogP contribution in [0.2, 0.25) is 0 Å². The number of carbonyl (C=O) groups excluding carboxylic acids is 1. The van der Waals surface area contributed by atoms with Crippen LogP contribution in [0.3, 0.4) is 0 Å². The minimum absolute atomic E-state index is 0.0238. The van der Waals surface area contributed by atoms with Crippen molar-refractivity contribution in [3.8, 4) is 16.9 Å². The van der Waals surface area contributed by atoms with Crippen LogP contribution < -0.4 is 15.6 Å². The molecule has 0 radical (unpaired) electrons. The number of nitrogens with zero attached hydrogens (tertiary/aromatic N) is 2. The molecule has 1 N–H and O–H groups in total. The van der Waals surface area contributed by atoms with Crippen LogP contribution in [-0.4, -0.2) is 28.6 Å². The van der Waals surface area contributed by atoms with E-state index in [9.17, 15) is 9.59 Å². The molecule has 2 heterocycles. The molecule has 0 aliphatic rings. The SMILES string of the molecule is CCCCNC(=O)Cn1cnc2scc(-c3ccc(OCC)cc3)c2c1=O. The number of aromatic nitrogens is 2. The van der Waals surface area contributed by atoms with Crippen LogP contribution in [-0.2, 0) is 11.3 Å². The molecular weight excluding hydrogens is 362 g/mol. The third-order valence-electron chi connectivity index (χ3n) is 4.20. The summed E-state index contributed by atoms with van der Waals surface area (Å²) in [6.07, 6.45) is 3.38. The Hall–Kier alpha value is -2.67. The molecule has 0 aliphatic carbocycles. The topological polar surface area (TPSA) is 73.2 Å². The van der Waals surface area contributed by atoms with E-state index in [0.717, 1.165) is 29.7 Å². The van der Waals surface area contributed by atoms with Crippen molar-refractivity contribution in [2.45, 2.75) is 33.2 Å². The van der Waals surface area contributed by atoms with Crippen LogP contribution in [0.4, 0.5) is 0 Å². The molecule has 3 rings (SSSR count). The highest BCUT2D eigenvalue weighted by atomic mass is 32.1. The fraction of sp³-hybridized carbons (Fsp3) is 0.350. The summed E-state index contributed by atoms with van der Waals surface area (Å²) in [5.41, 5.74) is 1.56. The summed E-state index contributed by atoms with van der Waals surface area (Å²) in [6.45, 7) is 5.20. The van der Waals surface area contributed by atoms with Crippen LogP contribution in [0.5, 0.6) is 5.75 Å². The normalized spacial score (nSPS) is 10.9. The molecule has 0 bridgehead atoms. The van der Waals surface area contributed by atoms with Gasteiger partial charge in [0.25, 0.3) is 5.56 Å². The number of rotatable bonds is 8. The highest BCUT2D eigenvalue weighted by Crippen LogP contribution is 2.31. The summed E-state index contributed by atoms with van der Waals surface area (Å²) < 4.78 is 6.84. The second-order valence-electron chi connectivity index (χ2n) is 6.17. The fourth-order valence-electron chi connectivity index (χ4n) is 2.81. The van der Waals surface area contributed by atoms with Crippen LogP contribution in [0.25, 0.3) is 21.3 Å². The van der Waals surface area contributed by atoms with E-state index < -0.39 is 0 Å². The van der Waals surface area contributed by atoms with Gasteiger partial charge in [-0.3, -0.25) is 14.2 Å². The number of hydrogen-bond donors (Lipinski definition) is 1. The summed E-state index contributed by atoms with van der Waals surface area (Å²) in [7, 11) is 0. The first-order valence-corrected chi connectivity index (χ1v) is 9.98. The van der Waals surface area contributed by atoms with E-state index in [4.69, 9.17) is 4.74 Å². The molecular formula is C20H23N3O3S. The Kier molecular flexibility index (Phi) is 6.24. The first kappa shape index (κ1) is 19.1. The lowest BCUT2D eigenvalue weighted by Crippen LogP contribution is -2.32. The lowest BCUT2D eigenvalue weighted by atomic mass is 10.1. The molecule has 3 aromatic rings. The number of hydrogen-bond acceptors (Lipinski definition) is 5. The number of nitrogens with one attached hydrogen (secondary N) is 1. The van der Waals surface area contributed by atoms with Gasteiger partial charge in [0.15, 0.2) is 0 Å². The Balaban J connectivity index is 1.90. The predicted molar refractivity (Wildman–Crippen MR) is 108 cm³/mol. The van der Waals surface area contributed by atoms with Gasteiger partial charge in [-0.05, 0) is 31.0 Å². The minimum Gasteiger partial charge on any atom is -0.494 e. The minimum atomic E-state index is -0.198. The molecule has 27 heavy (non-hydrogen) atoms. The fourth-order valence-corrected chi connectivity index (χ4v) is 3.71. The molecule has 6 nitrogen and oxygen atoms in total. The molecule has 0 aliphatic heterocycles. The van der Waals surface area contributed by atoms with E-state index in [-0.39, 0.29) is 18.0 Å². The van der Waals surface area contributed by atoms with Crippen molar-refractivity contribution in [1.82, 2.24) is 14.9 Å². The van der Waals surface area contributed by atoms with Crippen molar-refractivity contribution in [2.24, 2.45) is 0 Å². The summed E-state index contributed by atoms with van der Waals surface area (Å²) in [5.74, 6) is 0.615. The molecule has 0 saturated heterocycles. The average Bonchev–Trinajstić information content (AvgIpc) is 3.10. The van der Waals surface area contributed by atoms with Gasteiger partial charge in [-0.2, -0.15) is 0 Å². The summed E-state index contributed by atoms with van der Waals surface area (Å²) >= 11 is 1.43. The van der Waals surface area contributed by atoms with E-state index in [1.165, 1.54) is 22.2 Å². The van der Waals surface area contributed by atoms with Gasteiger partial charge in [0.1, 0.15) is 17.1 Å². The largest absolute Gasteiger partial charge is 0.494 e. The van der Waals surface area contributed by atoms with Crippen molar-refractivity contribution in [3.05, 3.63) is 46.3 Å². The van der Waals surface area contributed by atoms with Gasteiger partial charge >= 0.3 is 0 Å². The van der Waals surface area contributed by atoms with Crippen molar-refractivity contribution >= 4 is 27.5 Å². The smallest absolute Gasteiger partial charge is 0.263 e. The first-order chi connectivity index (χ1) is 13.1. The Morgan fingerprint density at radius 2 is 2.04 bits per heavy atom. The molecule has 0 atom stereocenters. The van der Waals surface area contributed by atoms with Crippen molar-refractivity contribution in [1.29, 1.82) is 0 Å². The summed E-state index contributed by atoms with van der Waals surface area (Å²) in [5, 5.41) is 5.31. The number of carbonyl (C=O) groups is 1. The Morgan fingerprint density at radius 1 is 1.26 bits per heavy atom. The number of benzene rings is 1. The number of unbranched alkanes of at least 4 members (excludes halogenated alkanes) is 1. The number of ether oxygens (including phenoxy) is 1. The van der Waals surface area contributed by atoms with Crippen LogP contribution >= 0.6 is 11.3 Å². The number of fused-ring (bicyclic) bond motifs is 1. The molecule has 142 valence electrons. The van der Waals surface area contributed by atoms with Crippen LogP contribution in [0, 0.1) is 0 Å². The molecule has 0 unspecified atom stereocenters. The van der Waals surface area contributed by atoms with E-state index in [2.05, 4.69) is 17.2 Å². The van der Waals surface area contributed by atoms with E-state index in [1.807, 2.05) is 36.6 Å². The van der Waals surface area contributed by atoms with Gasteiger partial charge in [-0.25, -0.2) is 4.98 Å². The molecule has 2 aromatic heterocycles. The van der Waals surface area contributed by atoms with Crippen LogP contribution in [0.1, 0.15) is 26.7 Å². The van der Waals surface area contributed by atoms with Gasteiger partial charge in [0, 0.05) is 17.5 Å². The van der Waals surface area contributed by atoms with Gasteiger partial charge in [0.2, 0.25) is 5.91 Å². The van der Waals surface area contributed by atoms with Crippen molar-refractivity contribution in [3.63, 3.8) is 0 Å². The molecule has 1 aromatic carbocycles. The first-order valence-electron chi connectivity index (χ1n) is 9.10. The Morgan fingerprint density at radius 3 is 2.74 bits per heavy atom. The number of thiophene rings is 1. The predicted octanol–water partition coefficient (Wildman–Crippen LogP) is 3.44. The second kappa shape index (κ2) is 8.81. The molecule has 7 heteroatoms. The number of amides is 1. The van der Waals surface area contributed by atoms with Gasteiger partial charge in [0.05, 0.1) is 18.3 Å². The standard InChI is InChI=1S/C20H23N3O3S/c1-3-5-10-21-17(24)11-23-13-22-19-18(20(23)25)16(12-27-19)14-6-8-15(9-7-14)26-4-2/h6-9,12-13H,3-5,10-11H2,1-2H3,(H,21,24). The Bertz CT molecular complexity index is 976. The molecule has 0 fully saturated rings. The molecule has 0 spiro atoms. The van der Waals surface area contributed by atoms with E-state index in [1.54, 1.807) is 0 Å². The lowest BCUT2D eigenvalue weighted by molar-refractivity contribution is -0.121. The van der Waals surface area contributed by atoms with Crippen molar-refractivity contribution < 1.29 is 9.53 Å². The summed E-state index contributed by atoms with van der Waals surface area (Å²) in [6, 6.07) is 7.64. The second-order valence-corrected chi connectivity index (χ2v) is 7.03. The zero-order valence-corrected chi connectivity index (χ0v) is 16.3. The Labute approximate surface area is 161 Å². The molecule has 0 saturated carbocycles. The van der Waals surface area contributed by atoms with Gasteiger partial charge < -0.3 is 10.1 Å².